The molecule has 0 aromatic heterocycles. The number of rotatable bonds is 7. The van der Waals surface area contributed by atoms with Gasteiger partial charge in [-0.05, 0) is 45.2 Å². The average molecular weight is 353 g/mol. The second-order valence-corrected chi connectivity index (χ2v) is 7.44. The van der Waals surface area contributed by atoms with E-state index < -0.39 is 11.1 Å². The second-order valence-electron chi connectivity index (χ2n) is 7.44. The first-order chi connectivity index (χ1) is 12.0. The molecule has 0 amide bonds. The molecular formula is C21H23NO4. The summed E-state index contributed by atoms with van der Waals surface area (Å²) in [6.07, 6.45) is 0.640. The number of ketones is 2. The molecule has 2 aromatic carbocycles. The van der Waals surface area contributed by atoms with Crippen molar-refractivity contribution in [1.29, 1.82) is 0 Å². The third kappa shape index (κ3) is 4.49. The molecule has 0 saturated heterocycles. The first kappa shape index (κ1) is 19.7. The Bertz CT molecular complexity index is 813. The summed E-state index contributed by atoms with van der Waals surface area (Å²) in [5, 5.41) is 12.7. The maximum atomic E-state index is 12.2. The summed E-state index contributed by atoms with van der Waals surface area (Å²) in [6, 6.07) is 14.1. The zero-order chi connectivity index (χ0) is 19.5. The van der Waals surface area contributed by atoms with E-state index in [2.05, 4.69) is 5.18 Å². The summed E-state index contributed by atoms with van der Waals surface area (Å²) < 4.78 is 0. The largest absolute Gasteiger partial charge is 0.382 e. The van der Waals surface area contributed by atoms with Gasteiger partial charge in [0.2, 0.25) is 0 Å². The predicted octanol–water partition coefficient (Wildman–Crippen LogP) is 3.96. The van der Waals surface area contributed by atoms with Gasteiger partial charge in [-0.25, -0.2) is 0 Å². The van der Waals surface area contributed by atoms with Gasteiger partial charge in [0.25, 0.3) is 0 Å². The lowest BCUT2D eigenvalue weighted by atomic mass is 9.92. The molecule has 2 rings (SSSR count). The normalized spacial score (nSPS) is 11.9. The van der Waals surface area contributed by atoms with E-state index in [9.17, 15) is 19.6 Å². The van der Waals surface area contributed by atoms with Crippen LogP contribution in [-0.2, 0) is 6.42 Å². The minimum absolute atomic E-state index is 0.312. The van der Waals surface area contributed by atoms with E-state index in [1.54, 1.807) is 24.3 Å². The van der Waals surface area contributed by atoms with E-state index in [1.807, 2.05) is 24.3 Å². The van der Waals surface area contributed by atoms with Crippen molar-refractivity contribution in [2.75, 3.05) is 0 Å². The van der Waals surface area contributed by atoms with E-state index >= 15 is 0 Å². The van der Waals surface area contributed by atoms with Gasteiger partial charge in [-0.1, -0.05) is 53.7 Å². The lowest BCUT2D eigenvalue weighted by Gasteiger charge is -2.15. The Hall–Kier alpha value is -2.66. The summed E-state index contributed by atoms with van der Waals surface area (Å²) in [4.78, 5) is 35.0. The molecule has 5 heteroatoms. The van der Waals surface area contributed by atoms with Crippen molar-refractivity contribution in [2.45, 2.75) is 45.3 Å². The van der Waals surface area contributed by atoms with Crippen molar-refractivity contribution in [3.8, 4) is 0 Å². The number of hydrogen-bond donors (Lipinski definition) is 1. The molecule has 0 saturated carbocycles. The number of nitroso groups, excluding NO2 is 1. The Balaban J connectivity index is 2.11. The summed E-state index contributed by atoms with van der Waals surface area (Å²) in [5.41, 5.74) is 0.250. The van der Waals surface area contributed by atoms with Crippen LogP contribution >= 0.6 is 0 Å². The number of hydrogen-bond acceptors (Lipinski definition) is 5. The lowest BCUT2D eigenvalue weighted by Crippen LogP contribution is -2.31. The van der Waals surface area contributed by atoms with Crippen LogP contribution in [0.5, 0.6) is 0 Å². The summed E-state index contributed by atoms with van der Waals surface area (Å²) in [7, 11) is 0. The van der Waals surface area contributed by atoms with Crippen LogP contribution in [0.4, 0.5) is 0 Å². The van der Waals surface area contributed by atoms with Crippen LogP contribution in [0.25, 0.3) is 0 Å². The first-order valence-corrected chi connectivity index (χ1v) is 8.39. The second kappa shape index (κ2) is 7.30. The van der Waals surface area contributed by atoms with E-state index in [-0.39, 0.29) is 11.6 Å². The van der Waals surface area contributed by atoms with E-state index in [0.29, 0.717) is 17.5 Å². The van der Waals surface area contributed by atoms with Crippen LogP contribution < -0.4 is 0 Å². The summed E-state index contributed by atoms with van der Waals surface area (Å²) >= 11 is 0. The van der Waals surface area contributed by atoms with Gasteiger partial charge in [-0.15, -0.1) is 4.91 Å². The quantitative estimate of drug-likeness (QED) is 0.603. The van der Waals surface area contributed by atoms with Gasteiger partial charge < -0.3 is 5.11 Å². The van der Waals surface area contributed by atoms with E-state index in [0.717, 1.165) is 11.1 Å². The molecule has 0 aliphatic heterocycles. The topological polar surface area (TPSA) is 83.8 Å². The van der Waals surface area contributed by atoms with Crippen LogP contribution in [0.2, 0.25) is 0 Å². The summed E-state index contributed by atoms with van der Waals surface area (Å²) in [6.45, 7) is 5.92. The zero-order valence-electron chi connectivity index (χ0n) is 15.4. The Labute approximate surface area is 153 Å². The van der Waals surface area contributed by atoms with Gasteiger partial charge in [-0.3, -0.25) is 9.59 Å². The van der Waals surface area contributed by atoms with Gasteiger partial charge in [0.05, 0.1) is 0 Å². The number of carbonyl (C=O) groups excluding carboxylic acids is 2. The van der Waals surface area contributed by atoms with Crippen molar-refractivity contribution in [3.05, 3.63) is 75.7 Å². The minimum Gasteiger partial charge on any atom is -0.382 e. The minimum atomic E-state index is -1.39. The third-order valence-electron chi connectivity index (χ3n) is 4.18. The van der Waals surface area contributed by atoms with Crippen LogP contribution in [0.1, 0.15) is 59.5 Å². The molecule has 2 aromatic rings. The molecule has 0 spiro atoms. The molecule has 0 unspecified atom stereocenters. The monoisotopic (exact) mass is 353 g/mol. The van der Waals surface area contributed by atoms with Crippen LogP contribution in [0.3, 0.4) is 0 Å². The fraction of sp³-hybridized carbons (Fsp3) is 0.333. The van der Waals surface area contributed by atoms with Crippen molar-refractivity contribution in [2.24, 2.45) is 5.18 Å². The highest BCUT2D eigenvalue weighted by Crippen LogP contribution is 2.19. The third-order valence-corrected chi connectivity index (χ3v) is 4.18. The lowest BCUT2D eigenvalue weighted by molar-refractivity contribution is 0.0488. The Kier molecular flexibility index (Phi) is 5.52. The van der Waals surface area contributed by atoms with E-state index in [1.165, 1.54) is 27.7 Å². The molecule has 0 atom stereocenters. The van der Waals surface area contributed by atoms with Gasteiger partial charge >= 0.3 is 0 Å². The van der Waals surface area contributed by atoms with Crippen molar-refractivity contribution >= 4 is 11.6 Å². The first-order valence-electron chi connectivity index (χ1n) is 8.39. The molecule has 0 aliphatic rings. The maximum Gasteiger partial charge on any atom is 0.193 e. The predicted molar refractivity (Wildman–Crippen MR) is 101 cm³/mol. The van der Waals surface area contributed by atoms with Crippen LogP contribution in [0.15, 0.2) is 53.7 Å². The fourth-order valence-corrected chi connectivity index (χ4v) is 2.53. The van der Waals surface area contributed by atoms with Gasteiger partial charge in [-0.2, -0.15) is 0 Å². The SMILES string of the molecule is CC(C)(O)C(=O)c1ccc(Cc2ccc(C(=O)C(C)(C)N=O)cc2)cc1. The summed E-state index contributed by atoms with van der Waals surface area (Å²) in [5.74, 6) is -0.633. The molecule has 1 N–H and O–H groups in total. The molecule has 5 nitrogen and oxygen atoms in total. The Morgan fingerprint density at radius 2 is 1.19 bits per heavy atom. The highest BCUT2D eigenvalue weighted by atomic mass is 16.3. The number of aliphatic hydroxyl groups is 1. The molecular weight excluding hydrogens is 330 g/mol. The Morgan fingerprint density at radius 3 is 1.54 bits per heavy atom. The Morgan fingerprint density at radius 1 is 0.808 bits per heavy atom. The van der Waals surface area contributed by atoms with Crippen LogP contribution in [0, 0.1) is 4.91 Å². The number of nitrogens with zero attached hydrogens (tertiary/aromatic N) is 1. The zero-order valence-corrected chi connectivity index (χ0v) is 15.4. The maximum absolute atomic E-state index is 12.2. The average Bonchev–Trinajstić information content (AvgIpc) is 2.61. The van der Waals surface area contributed by atoms with Gasteiger partial charge in [0, 0.05) is 11.1 Å². The standard InChI is InChI=1S/C21H23NO4/c1-20(2,22-26)18(23)16-9-5-14(6-10-16)13-15-7-11-17(12-8-15)19(24)21(3,4)25/h5-12,25H,13H2,1-4H3. The number of carbonyl (C=O) groups is 2. The fourth-order valence-electron chi connectivity index (χ4n) is 2.53. The van der Waals surface area contributed by atoms with Crippen LogP contribution in [-0.4, -0.2) is 27.8 Å². The van der Waals surface area contributed by atoms with Crippen molar-refractivity contribution in [3.63, 3.8) is 0 Å². The number of Topliss-reactive ketones (excluding diaryl/α,β-unsaturated/α-hetero) is 2. The smallest absolute Gasteiger partial charge is 0.193 e. The molecule has 26 heavy (non-hydrogen) atoms. The van der Waals surface area contributed by atoms with E-state index in [4.69, 9.17) is 0 Å². The molecule has 0 aliphatic carbocycles. The number of benzene rings is 2. The van der Waals surface area contributed by atoms with Gasteiger partial charge in [0.15, 0.2) is 17.1 Å². The molecule has 0 fully saturated rings. The molecule has 0 bridgehead atoms. The molecule has 0 radical (unpaired) electrons. The van der Waals surface area contributed by atoms with Crippen molar-refractivity contribution in [1.82, 2.24) is 0 Å². The highest BCUT2D eigenvalue weighted by Gasteiger charge is 2.29. The van der Waals surface area contributed by atoms with Crippen molar-refractivity contribution < 1.29 is 14.7 Å². The highest BCUT2D eigenvalue weighted by molar-refractivity contribution is 6.03. The molecule has 0 heterocycles. The molecule has 136 valence electrons. The van der Waals surface area contributed by atoms with Gasteiger partial charge in [0.1, 0.15) is 5.60 Å².